The fourth-order valence-electron chi connectivity index (χ4n) is 1.60. The van der Waals surface area contributed by atoms with E-state index in [0.29, 0.717) is 6.42 Å². The molecule has 3 N–H and O–H groups in total. The zero-order valence-corrected chi connectivity index (χ0v) is 12.1. The lowest BCUT2D eigenvalue weighted by atomic mass is 10.1. The second kappa shape index (κ2) is 7.96. The SMILES string of the molecule is CCCC[C@@H](CN)CS([O-])(CC)NC(=O)C(F)(F)F. The lowest BCUT2D eigenvalue weighted by molar-refractivity contribution is -0.171. The van der Waals surface area contributed by atoms with Crippen LogP contribution in [0.5, 0.6) is 0 Å². The lowest BCUT2D eigenvalue weighted by Gasteiger charge is -2.48. The maximum absolute atomic E-state index is 12.3. The summed E-state index contributed by atoms with van der Waals surface area (Å²) in [6, 6.07) is 0. The van der Waals surface area contributed by atoms with E-state index >= 15 is 0 Å². The van der Waals surface area contributed by atoms with Crippen molar-refractivity contribution in [1.82, 2.24) is 4.72 Å². The van der Waals surface area contributed by atoms with Gasteiger partial charge >= 0.3 is 12.1 Å². The van der Waals surface area contributed by atoms with Gasteiger partial charge in [-0.1, -0.05) is 26.7 Å². The van der Waals surface area contributed by atoms with Crippen LogP contribution in [0, 0.1) is 5.92 Å². The zero-order valence-electron chi connectivity index (χ0n) is 11.3. The number of hydrogen-bond donors (Lipinski definition) is 2. The summed E-state index contributed by atoms with van der Waals surface area (Å²) in [7, 11) is -3.05. The minimum atomic E-state index is -5.01. The average molecular weight is 303 g/mol. The smallest absolute Gasteiger partial charge is 0.471 e. The number of nitrogens with one attached hydrogen (secondary N) is 1. The lowest BCUT2D eigenvalue weighted by Crippen LogP contribution is -2.41. The molecule has 19 heavy (non-hydrogen) atoms. The first kappa shape index (κ1) is 18.5. The van der Waals surface area contributed by atoms with E-state index in [4.69, 9.17) is 5.73 Å². The van der Waals surface area contributed by atoms with Crippen LogP contribution in [0.4, 0.5) is 13.2 Å². The van der Waals surface area contributed by atoms with Crippen molar-refractivity contribution in [2.75, 3.05) is 18.1 Å². The number of hydrogen-bond acceptors (Lipinski definition) is 3. The molecule has 4 nitrogen and oxygen atoms in total. The Hall–Kier alpha value is -0.470. The summed E-state index contributed by atoms with van der Waals surface area (Å²) in [5.74, 6) is -2.31. The minimum Gasteiger partial charge on any atom is -0.797 e. The van der Waals surface area contributed by atoms with Crippen LogP contribution in [0.25, 0.3) is 0 Å². The van der Waals surface area contributed by atoms with Crippen LogP contribution in [0.1, 0.15) is 33.1 Å². The van der Waals surface area contributed by atoms with Gasteiger partial charge in [-0.15, -0.1) is 0 Å². The average Bonchev–Trinajstić information content (AvgIpc) is 2.33. The van der Waals surface area contributed by atoms with Crippen LogP contribution in [0.2, 0.25) is 0 Å². The minimum absolute atomic E-state index is 0.00181. The molecule has 1 unspecified atom stereocenters. The van der Waals surface area contributed by atoms with Gasteiger partial charge in [0.1, 0.15) is 0 Å². The molecule has 0 aliphatic heterocycles. The van der Waals surface area contributed by atoms with E-state index in [-0.39, 0.29) is 24.0 Å². The van der Waals surface area contributed by atoms with Gasteiger partial charge in [0.2, 0.25) is 0 Å². The van der Waals surface area contributed by atoms with Crippen LogP contribution in [-0.4, -0.2) is 34.7 Å². The van der Waals surface area contributed by atoms with Crippen LogP contribution >= 0.6 is 10.5 Å². The number of rotatable bonds is 8. The Kier molecular flexibility index (Phi) is 7.76. The van der Waals surface area contributed by atoms with Crippen molar-refractivity contribution < 1.29 is 22.5 Å². The van der Waals surface area contributed by atoms with Crippen LogP contribution in [0.3, 0.4) is 0 Å². The molecule has 0 aromatic heterocycles. The number of amides is 1. The quantitative estimate of drug-likeness (QED) is 0.722. The van der Waals surface area contributed by atoms with Gasteiger partial charge in [0, 0.05) is 0 Å². The fraction of sp³-hybridized carbons (Fsp3) is 0.909. The maximum atomic E-state index is 12.3. The molecule has 2 atom stereocenters. The number of alkyl halides is 3. The van der Waals surface area contributed by atoms with E-state index in [9.17, 15) is 22.5 Å². The number of nitrogens with two attached hydrogens (primary N) is 1. The van der Waals surface area contributed by atoms with Gasteiger partial charge in [-0.05, 0) is 30.4 Å². The second-order valence-corrected chi connectivity index (χ2v) is 7.18. The van der Waals surface area contributed by atoms with E-state index < -0.39 is 22.6 Å². The largest absolute Gasteiger partial charge is 0.797 e. The number of carbonyl (C=O) groups excluding carboxylic acids is 1. The first-order valence-corrected chi connectivity index (χ1v) is 8.16. The molecular formula is C11H22F3N2O2S-. The monoisotopic (exact) mass is 303 g/mol. The standard InChI is InChI=1S/C11H23F3N2O2S/c1-3-5-6-9(7-15)8-19(18,4-2)16-10(17)11(12,13)14/h9,18H,3-8,15H2,1-2H3,(H,16,17)/p-1/t9-/m0/s1. The molecule has 0 saturated carbocycles. The molecule has 1 amide bonds. The Bertz CT molecular complexity index is 290. The molecular weight excluding hydrogens is 281 g/mol. The Morgan fingerprint density at radius 3 is 2.37 bits per heavy atom. The van der Waals surface area contributed by atoms with Gasteiger partial charge in [0.25, 0.3) is 0 Å². The number of halogens is 3. The Morgan fingerprint density at radius 1 is 1.42 bits per heavy atom. The summed E-state index contributed by atoms with van der Waals surface area (Å²) in [5.41, 5.74) is 5.53. The molecule has 0 aromatic rings. The van der Waals surface area contributed by atoms with Crippen molar-refractivity contribution in [2.45, 2.75) is 39.3 Å². The Balaban J connectivity index is 4.62. The molecule has 8 heteroatoms. The summed E-state index contributed by atoms with van der Waals surface area (Å²) in [6.45, 7) is 3.72. The van der Waals surface area contributed by atoms with E-state index in [2.05, 4.69) is 0 Å². The molecule has 0 aliphatic rings. The summed E-state index contributed by atoms with van der Waals surface area (Å²) in [4.78, 5) is 10.9. The highest BCUT2D eigenvalue weighted by Gasteiger charge is 2.40. The molecule has 0 saturated heterocycles. The molecule has 0 aromatic carbocycles. The molecule has 116 valence electrons. The van der Waals surface area contributed by atoms with Gasteiger partial charge in [-0.3, -0.25) is 4.79 Å². The predicted molar refractivity (Wildman–Crippen MR) is 70.0 cm³/mol. The summed E-state index contributed by atoms with van der Waals surface area (Å²) >= 11 is 0. The van der Waals surface area contributed by atoms with Crippen LogP contribution < -0.4 is 10.5 Å². The molecule has 0 spiro atoms. The predicted octanol–water partition coefficient (Wildman–Crippen LogP) is 2.30. The van der Waals surface area contributed by atoms with Gasteiger partial charge in [-0.2, -0.15) is 13.2 Å². The van der Waals surface area contributed by atoms with Crippen molar-refractivity contribution >= 4 is 16.4 Å². The third-order valence-electron chi connectivity index (χ3n) is 2.81. The number of carbonyl (C=O) groups is 1. The van der Waals surface area contributed by atoms with E-state index in [1.807, 2.05) is 6.92 Å². The molecule has 0 aliphatic carbocycles. The highest BCUT2D eigenvalue weighted by Crippen LogP contribution is 2.41. The molecule has 0 bridgehead atoms. The maximum Gasteiger partial charge on any atom is 0.471 e. The van der Waals surface area contributed by atoms with E-state index in [0.717, 1.165) is 12.8 Å². The zero-order chi connectivity index (χ0) is 15.1. The van der Waals surface area contributed by atoms with E-state index in [1.54, 1.807) is 4.72 Å². The highest BCUT2D eigenvalue weighted by atomic mass is 32.3. The molecule has 0 heterocycles. The number of unbranched alkanes of at least 4 members (excludes halogenated alkanes) is 1. The van der Waals surface area contributed by atoms with Crippen molar-refractivity contribution in [3.8, 4) is 0 Å². The summed E-state index contributed by atoms with van der Waals surface area (Å²) in [5, 5.41) is 0. The van der Waals surface area contributed by atoms with Gasteiger partial charge in [-0.25, -0.2) is 10.5 Å². The van der Waals surface area contributed by atoms with Gasteiger partial charge in [0.15, 0.2) is 0 Å². The van der Waals surface area contributed by atoms with Crippen molar-refractivity contribution in [3.63, 3.8) is 0 Å². The normalized spacial score (nSPS) is 18.5. The first-order valence-electron chi connectivity index (χ1n) is 6.27. The van der Waals surface area contributed by atoms with Crippen molar-refractivity contribution in [1.29, 1.82) is 0 Å². The third-order valence-corrected chi connectivity index (χ3v) is 5.31. The van der Waals surface area contributed by atoms with Crippen LogP contribution in [-0.2, 0) is 4.79 Å². The Labute approximate surface area is 113 Å². The fourth-order valence-corrected chi connectivity index (χ4v) is 3.58. The van der Waals surface area contributed by atoms with E-state index in [1.165, 1.54) is 6.92 Å². The molecule has 0 radical (unpaired) electrons. The van der Waals surface area contributed by atoms with Crippen LogP contribution in [0.15, 0.2) is 0 Å². The summed E-state index contributed by atoms with van der Waals surface area (Å²) in [6.07, 6.45) is -2.52. The van der Waals surface area contributed by atoms with Gasteiger partial charge in [0.05, 0.1) is 0 Å². The van der Waals surface area contributed by atoms with Gasteiger partial charge < -0.3 is 15.0 Å². The van der Waals surface area contributed by atoms with Crippen molar-refractivity contribution in [2.24, 2.45) is 11.7 Å². The first-order chi connectivity index (χ1) is 8.68. The Morgan fingerprint density at radius 2 is 2.00 bits per heavy atom. The highest BCUT2D eigenvalue weighted by molar-refractivity contribution is 8.27. The molecule has 0 fully saturated rings. The third kappa shape index (κ3) is 7.03. The summed E-state index contributed by atoms with van der Waals surface area (Å²) < 4.78 is 50.4. The van der Waals surface area contributed by atoms with Crippen molar-refractivity contribution in [3.05, 3.63) is 0 Å². The molecule has 0 rings (SSSR count). The topological polar surface area (TPSA) is 78.2 Å². The second-order valence-electron chi connectivity index (χ2n) is 4.44.